The molecular formula is C14H19FO3. The zero-order valence-electron chi connectivity index (χ0n) is 10.7. The molecule has 0 amide bonds. The normalized spacial score (nSPS) is 14.2. The van der Waals surface area contributed by atoms with Gasteiger partial charge in [-0.05, 0) is 44.0 Å². The summed E-state index contributed by atoms with van der Waals surface area (Å²) in [5.74, 6) is -0.616. The van der Waals surface area contributed by atoms with Gasteiger partial charge in [0.15, 0.2) is 12.1 Å². The number of carbonyl (C=O) groups is 1. The number of ketones is 1. The van der Waals surface area contributed by atoms with Crippen LogP contribution in [0.1, 0.15) is 37.0 Å². The standard InChI is InChI=1S/C14H19FO3/c1-3-18-13(16)9-4-10(2)14(17)11-5-7-12(15)8-6-11/h5-8,10,13,16H,3-4,9H2,1-2H3. The molecule has 0 aliphatic carbocycles. The minimum absolute atomic E-state index is 0.0429. The molecule has 0 fully saturated rings. The quantitative estimate of drug-likeness (QED) is 0.601. The molecule has 2 unspecified atom stereocenters. The molecule has 0 aliphatic heterocycles. The average molecular weight is 254 g/mol. The van der Waals surface area contributed by atoms with Gasteiger partial charge in [0, 0.05) is 18.1 Å². The van der Waals surface area contributed by atoms with Crippen LogP contribution in [0.5, 0.6) is 0 Å². The first kappa shape index (κ1) is 14.8. The summed E-state index contributed by atoms with van der Waals surface area (Å²) in [6, 6.07) is 5.50. The van der Waals surface area contributed by atoms with E-state index in [0.29, 0.717) is 25.0 Å². The van der Waals surface area contributed by atoms with E-state index >= 15 is 0 Å². The van der Waals surface area contributed by atoms with E-state index in [9.17, 15) is 14.3 Å². The van der Waals surface area contributed by atoms with E-state index in [0.717, 1.165) is 0 Å². The van der Waals surface area contributed by atoms with Crippen LogP contribution >= 0.6 is 0 Å². The topological polar surface area (TPSA) is 46.5 Å². The minimum atomic E-state index is -0.821. The molecule has 0 saturated carbocycles. The summed E-state index contributed by atoms with van der Waals surface area (Å²) in [6.07, 6.45) is 0.137. The van der Waals surface area contributed by atoms with Gasteiger partial charge in [-0.25, -0.2) is 4.39 Å². The van der Waals surface area contributed by atoms with Crippen molar-refractivity contribution >= 4 is 5.78 Å². The Morgan fingerprint density at radius 2 is 1.94 bits per heavy atom. The highest BCUT2D eigenvalue weighted by Crippen LogP contribution is 2.16. The SMILES string of the molecule is CCOC(O)CCC(C)C(=O)c1ccc(F)cc1. The monoisotopic (exact) mass is 254 g/mol. The lowest BCUT2D eigenvalue weighted by molar-refractivity contribution is -0.100. The van der Waals surface area contributed by atoms with Gasteiger partial charge < -0.3 is 9.84 Å². The number of aliphatic hydroxyl groups is 1. The molecule has 1 rings (SSSR count). The molecule has 1 aromatic rings. The molecule has 0 aromatic heterocycles. The molecule has 4 heteroatoms. The van der Waals surface area contributed by atoms with Gasteiger partial charge in [0.25, 0.3) is 0 Å². The van der Waals surface area contributed by atoms with E-state index in [2.05, 4.69) is 0 Å². The van der Waals surface area contributed by atoms with E-state index in [4.69, 9.17) is 4.74 Å². The number of halogens is 1. The van der Waals surface area contributed by atoms with E-state index in [1.165, 1.54) is 24.3 Å². The second kappa shape index (κ2) is 7.24. The molecule has 100 valence electrons. The minimum Gasteiger partial charge on any atom is -0.368 e. The van der Waals surface area contributed by atoms with Gasteiger partial charge >= 0.3 is 0 Å². The van der Waals surface area contributed by atoms with Crippen molar-refractivity contribution in [3.8, 4) is 0 Å². The summed E-state index contributed by atoms with van der Waals surface area (Å²) in [5, 5.41) is 9.40. The Balaban J connectivity index is 2.48. The molecule has 0 bridgehead atoms. The van der Waals surface area contributed by atoms with Gasteiger partial charge in [-0.3, -0.25) is 4.79 Å². The smallest absolute Gasteiger partial charge is 0.165 e. The second-order valence-electron chi connectivity index (χ2n) is 4.26. The first-order chi connectivity index (χ1) is 8.54. The number of aliphatic hydroxyl groups excluding tert-OH is 1. The number of ether oxygens (including phenoxy) is 1. The van der Waals surface area contributed by atoms with Gasteiger partial charge in [-0.2, -0.15) is 0 Å². The van der Waals surface area contributed by atoms with Crippen molar-refractivity contribution in [2.24, 2.45) is 5.92 Å². The number of rotatable bonds is 7. The molecule has 0 heterocycles. The predicted octanol–water partition coefficient (Wildman–Crippen LogP) is 2.78. The number of carbonyl (C=O) groups excluding carboxylic acids is 1. The van der Waals surface area contributed by atoms with Crippen LogP contribution in [-0.4, -0.2) is 23.8 Å². The Morgan fingerprint density at radius 1 is 1.33 bits per heavy atom. The number of hydrogen-bond donors (Lipinski definition) is 1. The van der Waals surface area contributed by atoms with E-state index in [1.54, 1.807) is 13.8 Å². The summed E-state index contributed by atoms with van der Waals surface area (Å²) < 4.78 is 17.7. The van der Waals surface area contributed by atoms with Crippen LogP contribution in [-0.2, 0) is 4.74 Å². The van der Waals surface area contributed by atoms with E-state index < -0.39 is 6.29 Å². The summed E-state index contributed by atoms with van der Waals surface area (Å²) in [4.78, 5) is 12.0. The maximum Gasteiger partial charge on any atom is 0.165 e. The fourth-order valence-electron chi connectivity index (χ4n) is 1.70. The summed E-state index contributed by atoms with van der Waals surface area (Å²) in [6.45, 7) is 4.04. The molecule has 0 radical (unpaired) electrons. The van der Waals surface area contributed by atoms with Crippen molar-refractivity contribution in [3.63, 3.8) is 0 Å². The fourth-order valence-corrected chi connectivity index (χ4v) is 1.70. The average Bonchev–Trinajstić information content (AvgIpc) is 2.36. The van der Waals surface area contributed by atoms with Crippen molar-refractivity contribution in [3.05, 3.63) is 35.6 Å². The van der Waals surface area contributed by atoms with Crippen LogP contribution < -0.4 is 0 Å². The second-order valence-corrected chi connectivity index (χ2v) is 4.26. The Kier molecular flexibility index (Phi) is 5.95. The summed E-state index contributed by atoms with van der Waals surface area (Å²) in [5.41, 5.74) is 0.495. The highest BCUT2D eigenvalue weighted by atomic mass is 19.1. The van der Waals surface area contributed by atoms with Gasteiger partial charge in [-0.15, -0.1) is 0 Å². The Morgan fingerprint density at radius 3 is 2.50 bits per heavy atom. The highest BCUT2D eigenvalue weighted by molar-refractivity contribution is 5.97. The molecule has 2 atom stereocenters. The van der Waals surface area contributed by atoms with Gasteiger partial charge in [-0.1, -0.05) is 6.92 Å². The Hall–Kier alpha value is -1.26. The van der Waals surface area contributed by atoms with Gasteiger partial charge in [0.05, 0.1) is 0 Å². The molecule has 0 spiro atoms. The summed E-state index contributed by atoms with van der Waals surface area (Å²) in [7, 11) is 0. The highest BCUT2D eigenvalue weighted by Gasteiger charge is 2.16. The molecule has 18 heavy (non-hydrogen) atoms. The van der Waals surface area contributed by atoms with Crippen molar-refractivity contribution in [1.29, 1.82) is 0 Å². The van der Waals surface area contributed by atoms with Crippen LogP contribution in [0.3, 0.4) is 0 Å². The fraction of sp³-hybridized carbons (Fsp3) is 0.500. The Bertz CT molecular complexity index is 375. The predicted molar refractivity (Wildman–Crippen MR) is 66.8 cm³/mol. The van der Waals surface area contributed by atoms with E-state index in [1.807, 2.05) is 0 Å². The number of Topliss-reactive ketones (excluding diaryl/α,β-unsaturated/α-hetero) is 1. The zero-order valence-corrected chi connectivity index (χ0v) is 10.7. The van der Waals surface area contributed by atoms with Crippen LogP contribution in [0.15, 0.2) is 24.3 Å². The van der Waals surface area contributed by atoms with Crippen LogP contribution in [0.25, 0.3) is 0 Å². The van der Waals surface area contributed by atoms with Gasteiger partial charge in [0.2, 0.25) is 0 Å². The van der Waals surface area contributed by atoms with Crippen LogP contribution in [0.4, 0.5) is 4.39 Å². The van der Waals surface area contributed by atoms with Crippen LogP contribution in [0.2, 0.25) is 0 Å². The van der Waals surface area contributed by atoms with Gasteiger partial charge in [0.1, 0.15) is 5.82 Å². The summed E-state index contributed by atoms with van der Waals surface area (Å²) >= 11 is 0. The van der Waals surface area contributed by atoms with Crippen LogP contribution in [0, 0.1) is 11.7 Å². The lowest BCUT2D eigenvalue weighted by atomic mass is 9.95. The van der Waals surface area contributed by atoms with Crippen molar-refractivity contribution in [1.82, 2.24) is 0 Å². The largest absolute Gasteiger partial charge is 0.368 e. The number of hydrogen-bond acceptors (Lipinski definition) is 3. The molecule has 3 nitrogen and oxygen atoms in total. The van der Waals surface area contributed by atoms with Crippen molar-refractivity contribution in [2.45, 2.75) is 33.0 Å². The maximum absolute atomic E-state index is 12.7. The third kappa shape index (κ3) is 4.55. The first-order valence-corrected chi connectivity index (χ1v) is 6.14. The molecule has 1 aromatic carbocycles. The maximum atomic E-state index is 12.7. The molecule has 0 saturated heterocycles. The molecule has 0 aliphatic rings. The zero-order chi connectivity index (χ0) is 13.5. The molecular weight excluding hydrogens is 235 g/mol. The third-order valence-electron chi connectivity index (χ3n) is 2.78. The Labute approximate surface area is 107 Å². The molecule has 1 N–H and O–H groups in total. The first-order valence-electron chi connectivity index (χ1n) is 6.14. The van der Waals surface area contributed by atoms with Crippen molar-refractivity contribution in [2.75, 3.05) is 6.61 Å². The lowest BCUT2D eigenvalue weighted by Gasteiger charge is -2.14. The third-order valence-corrected chi connectivity index (χ3v) is 2.78. The van der Waals surface area contributed by atoms with E-state index in [-0.39, 0.29) is 17.5 Å². The van der Waals surface area contributed by atoms with Crippen molar-refractivity contribution < 1.29 is 19.0 Å². The number of benzene rings is 1. The lowest BCUT2D eigenvalue weighted by Crippen LogP contribution is -2.17.